The van der Waals surface area contributed by atoms with Crippen molar-refractivity contribution >= 4 is 44.7 Å². The quantitative estimate of drug-likeness (QED) is 0.260. The molecular formula is C43H57F2N5O10S. The molecule has 334 valence electrons. The van der Waals surface area contributed by atoms with Gasteiger partial charge < -0.3 is 29.5 Å². The van der Waals surface area contributed by atoms with Crippen molar-refractivity contribution in [1.82, 2.24) is 24.8 Å². The molecule has 0 bridgehead atoms. The number of rotatable bonds is 9. The van der Waals surface area contributed by atoms with Gasteiger partial charge >= 0.3 is 6.09 Å². The second-order valence-corrected chi connectivity index (χ2v) is 20.9. The van der Waals surface area contributed by atoms with Crippen molar-refractivity contribution in [3.05, 3.63) is 41.6 Å². The number of ether oxygens (including phenoxy) is 3. The van der Waals surface area contributed by atoms with Gasteiger partial charge in [0.05, 0.1) is 53.7 Å². The van der Waals surface area contributed by atoms with E-state index in [1.807, 2.05) is 6.08 Å². The van der Waals surface area contributed by atoms with Crippen LogP contribution in [0.4, 0.5) is 13.6 Å². The summed E-state index contributed by atoms with van der Waals surface area (Å²) in [6, 6.07) is 1.78. The first-order valence-corrected chi connectivity index (χ1v) is 22.5. The lowest BCUT2D eigenvalue weighted by Crippen LogP contribution is -2.62. The normalized spacial score (nSPS) is 29.0. The summed E-state index contributed by atoms with van der Waals surface area (Å²) in [5, 5.41) is 13.6. The Morgan fingerprint density at radius 1 is 1.15 bits per heavy atom. The van der Waals surface area contributed by atoms with Crippen molar-refractivity contribution in [3.63, 3.8) is 0 Å². The number of pyridine rings is 1. The zero-order valence-corrected chi connectivity index (χ0v) is 36.6. The van der Waals surface area contributed by atoms with Crippen LogP contribution in [0.25, 0.3) is 10.9 Å². The number of halogens is 2. The lowest BCUT2D eigenvalue weighted by Gasteiger charge is -2.43. The van der Waals surface area contributed by atoms with Crippen LogP contribution in [0.3, 0.4) is 0 Å². The van der Waals surface area contributed by atoms with Gasteiger partial charge in [0.25, 0.3) is 11.8 Å². The van der Waals surface area contributed by atoms with Crippen LogP contribution < -0.4 is 19.5 Å². The maximum Gasteiger partial charge on any atom is 0.408 e. The van der Waals surface area contributed by atoms with Gasteiger partial charge in [-0.05, 0) is 83.4 Å². The number of aromatic nitrogens is 1. The van der Waals surface area contributed by atoms with Crippen molar-refractivity contribution < 1.29 is 55.7 Å². The molecule has 61 heavy (non-hydrogen) atoms. The number of fused-ring (bicyclic) bond motifs is 5. The van der Waals surface area contributed by atoms with E-state index in [0.717, 1.165) is 9.80 Å². The number of carboxylic acid groups (broad SMARTS) is 1. The van der Waals surface area contributed by atoms with Crippen LogP contribution in [-0.4, -0.2) is 113 Å². The molecule has 18 heteroatoms. The molecule has 5 atom stereocenters. The molecule has 1 aromatic heterocycles. The van der Waals surface area contributed by atoms with Crippen LogP contribution in [-0.2, 0) is 35.1 Å². The number of carbonyl (C=O) groups excluding carboxylic acids is 3. The molecule has 1 spiro atoms. The summed E-state index contributed by atoms with van der Waals surface area (Å²) >= 11 is 0. The van der Waals surface area contributed by atoms with Gasteiger partial charge in [-0.1, -0.05) is 38.8 Å². The van der Waals surface area contributed by atoms with E-state index in [0.29, 0.717) is 49.8 Å². The summed E-state index contributed by atoms with van der Waals surface area (Å²) in [6.45, 7) is 7.72. The number of hydrogen-bond acceptors (Lipinski definition) is 10. The Labute approximate surface area is 355 Å². The molecule has 3 N–H and O–H groups in total. The minimum absolute atomic E-state index is 0.0561. The maximum atomic E-state index is 17.2. The zero-order chi connectivity index (χ0) is 44.5. The van der Waals surface area contributed by atoms with Crippen molar-refractivity contribution in [2.24, 2.45) is 5.92 Å². The minimum atomic E-state index is -4.12. The SMILES string of the molecule is COCC(C)(C)N(C(=O)O)[C@H]1CCCCC/C=C\[C@@H]2C[C@@]2(C(=O)NS(=O)(=O)C2(C)CC2)NC(=O)[C@@H]2C[C@@]3(CN2C1=O)CC(F)(F)c1c(c(C(C)C)nc2ccc(OC)cc12)O3. The summed E-state index contributed by atoms with van der Waals surface area (Å²) in [5.74, 6) is -7.04. The van der Waals surface area contributed by atoms with Gasteiger partial charge in [-0.3, -0.25) is 24.0 Å². The van der Waals surface area contributed by atoms with Crippen LogP contribution in [0.5, 0.6) is 11.5 Å². The Balaban J connectivity index is 1.35. The topological polar surface area (TPSA) is 194 Å². The first-order valence-electron chi connectivity index (χ1n) is 21.0. The average molecular weight is 874 g/mol. The van der Waals surface area contributed by atoms with Crippen molar-refractivity contribution in [1.29, 1.82) is 0 Å². The number of amides is 4. The molecule has 4 heterocycles. The molecular weight excluding hydrogens is 817 g/mol. The molecule has 1 aromatic carbocycles. The second-order valence-electron chi connectivity index (χ2n) is 18.7. The number of methoxy groups -OCH3 is 2. The number of benzene rings is 1. The number of sulfonamides is 1. The maximum absolute atomic E-state index is 17.2. The van der Waals surface area contributed by atoms with E-state index in [-0.39, 0.29) is 36.3 Å². The average Bonchev–Trinajstić information content (AvgIpc) is 4.06. The summed E-state index contributed by atoms with van der Waals surface area (Å²) in [5.41, 5.74) is -4.70. The summed E-state index contributed by atoms with van der Waals surface area (Å²) < 4.78 is 79.5. The Morgan fingerprint density at radius 3 is 2.51 bits per heavy atom. The van der Waals surface area contributed by atoms with Gasteiger partial charge in [-0.2, -0.15) is 0 Å². The number of nitrogens with one attached hydrogen (secondary N) is 2. The van der Waals surface area contributed by atoms with Crippen molar-refractivity contribution in [2.75, 3.05) is 27.4 Å². The summed E-state index contributed by atoms with van der Waals surface area (Å²) in [7, 11) is -1.30. The lowest BCUT2D eigenvalue weighted by molar-refractivity contribution is -0.146. The van der Waals surface area contributed by atoms with Crippen LogP contribution in [0.15, 0.2) is 30.4 Å². The third-order valence-corrected chi connectivity index (χ3v) is 15.4. The van der Waals surface area contributed by atoms with Gasteiger partial charge in [0.15, 0.2) is 5.75 Å². The fourth-order valence-corrected chi connectivity index (χ4v) is 10.8. The monoisotopic (exact) mass is 873 g/mol. The number of hydrogen-bond donors (Lipinski definition) is 3. The summed E-state index contributed by atoms with van der Waals surface area (Å²) in [6.07, 6.45) is 3.89. The predicted molar refractivity (Wildman–Crippen MR) is 220 cm³/mol. The van der Waals surface area contributed by atoms with Gasteiger partial charge in [0.1, 0.15) is 29.0 Å². The molecule has 5 aliphatic rings. The smallest absolute Gasteiger partial charge is 0.408 e. The molecule has 0 radical (unpaired) electrons. The first kappa shape index (κ1) is 44.5. The van der Waals surface area contributed by atoms with Crippen molar-refractivity contribution in [2.45, 2.75) is 144 Å². The fourth-order valence-electron chi connectivity index (χ4n) is 9.48. The largest absolute Gasteiger partial charge is 0.497 e. The van der Waals surface area contributed by atoms with E-state index >= 15 is 13.6 Å². The fraction of sp³-hybridized carbons (Fsp3) is 0.651. The van der Waals surface area contributed by atoms with E-state index in [9.17, 15) is 27.9 Å². The van der Waals surface area contributed by atoms with E-state index in [4.69, 9.17) is 19.2 Å². The predicted octanol–water partition coefficient (Wildman–Crippen LogP) is 5.75. The third kappa shape index (κ3) is 8.02. The van der Waals surface area contributed by atoms with Crippen LogP contribution >= 0.6 is 0 Å². The van der Waals surface area contributed by atoms with E-state index in [1.165, 1.54) is 27.2 Å². The standard InChI is InChI=1S/C43H57F2N5O10S/c1-25(2)33-34-32(28-19-27(59-7)15-16-29(28)46-33)43(44,45)22-41(60-34)21-31-35(51)47-42(37(53)48-61(56,57)40(5)17-18-40)20-26(42)13-11-9-8-10-12-14-30(36(52)49(31)23-41)50(38(54)55)39(3,4)24-58-6/h11,13,15-16,19,25-26,30-31H,8-10,12,14,17-18,20-24H2,1-7H3,(H,47,51)(H,48,53)(H,54,55)/b13-11-/t26-,30+,31+,41+,42-/m1/s1. The highest BCUT2D eigenvalue weighted by Gasteiger charge is 2.65. The zero-order valence-electron chi connectivity index (χ0n) is 35.8. The molecule has 7 rings (SSSR count). The molecule has 2 aliphatic carbocycles. The number of alkyl halides is 2. The molecule has 2 saturated carbocycles. The first-order chi connectivity index (χ1) is 28.5. The van der Waals surface area contributed by atoms with Crippen LogP contribution in [0.2, 0.25) is 0 Å². The number of carbonyl (C=O) groups is 4. The Kier molecular flexibility index (Phi) is 11.4. The Morgan fingerprint density at radius 2 is 1.87 bits per heavy atom. The Bertz CT molecular complexity index is 2270. The van der Waals surface area contributed by atoms with E-state index in [1.54, 1.807) is 45.9 Å². The van der Waals surface area contributed by atoms with Crippen LogP contribution in [0.1, 0.15) is 116 Å². The van der Waals surface area contributed by atoms with Gasteiger partial charge in [-0.15, -0.1) is 0 Å². The second kappa shape index (κ2) is 15.6. The number of allylic oxidation sites excluding steroid dienone is 1. The molecule has 3 fully saturated rings. The van der Waals surface area contributed by atoms with Crippen LogP contribution in [0, 0.1) is 5.92 Å². The van der Waals surface area contributed by atoms with E-state index in [2.05, 4.69) is 10.0 Å². The highest BCUT2D eigenvalue weighted by molar-refractivity contribution is 7.91. The molecule has 1 saturated heterocycles. The lowest BCUT2D eigenvalue weighted by atomic mass is 9.83. The Hall–Kier alpha value is -4.58. The van der Waals surface area contributed by atoms with E-state index < -0.39 is 110 Å². The molecule has 2 aromatic rings. The van der Waals surface area contributed by atoms with Gasteiger partial charge in [0.2, 0.25) is 21.8 Å². The molecule has 0 unspecified atom stereocenters. The molecule has 3 aliphatic heterocycles. The number of nitrogens with zero attached hydrogens (tertiary/aromatic N) is 3. The van der Waals surface area contributed by atoms with Gasteiger partial charge in [0, 0.05) is 24.8 Å². The molecule has 4 amide bonds. The summed E-state index contributed by atoms with van der Waals surface area (Å²) in [4.78, 5) is 64.2. The third-order valence-electron chi connectivity index (χ3n) is 13.2. The minimum Gasteiger partial charge on any atom is -0.497 e. The highest BCUT2D eigenvalue weighted by atomic mass is 32.2. The van der Waals surface area contributed by atoms with Gasteiger partial charge in [-0.25, -0.2) is 27.0 Å². The molecule has 15 nitrogen and oxygen atoms in total. The highest BCUT2D eigenvalue weighted by Crippen LogP contribution is 2.56. The van der Waals surface area contributed by atoms with Crippen molar-refractivity contribution in [3.8, 4) is 11.5 Å².